The van der Waals surface area contributed by atoms with E-state index >= 15 is 0 Å². The third kappa shape index (κ3) is 2.42. The van der Waals surface area contributed by atoms with Crippen molar-refractivity contribution in [1.29, 1.82) is 0 Å². The largest absolute Gasteiger partial charge is 0.298 e. The molecule has 0 unspecified atom stereocenters. The van der Waals surface area contributed by atoms with Crippen molar-refractivity contribution >= 4 is 11.3 Å². The van der Waals surface area contributed by atoms with Crippen molar-refractivity contribution in [2.24, 2.45) is 0 Å². The Labute approximate surface area is 108 Å². The Bertz CT molecular complexity index is 387. The first-order chi connectivity index (χ1) is 8.22. The van der Waals surface area contributed by atoms with Crippen molar-refractivity contribution in [3.8, 4) is 0 Å². The Balaban J connectivity index is 1.66. The first-order valence-electron chi connectivity index (χ1n) is 6.76. The molecule has 2 aliphatic heterocycles. The van der Waals surface area contributed by atoms with Crippen LogP contribution in [0.1, 0.15) is 29.5 Å². The van der Waals surface area contributed by atoms with Crippen LogP contribution in [0.5, 0.6) is 0 Å². The number of fused-ring (bicyclic) bond motifs is 1. The summed E-state index contributed by atoms with van der Waals surface area (Å²) in [5, 5.41) is 0. The highest BCUT2D eigenvalue weighted by Gasteiger charge is 2.34. The summed E-state index contributed by atoms with van der Waals surface area (Å²) in [6.07, 6.45) is 2.82. The molecule has 2 saturated heterocycles. The molecule has 0 amide bonds. The highest BCUT2D eigenvalue weighted by molar-refractivity contribution is 7.11. The van der Waals surface area contributed by atoms with Crippen LogP contribution in [-0.2, 0) is 6.54 Å². The average molecular weight is 250 g/mol. The number of thiophene rings is 1. The van der Waals surface area contributed by atoms with Gasteiger partial charge in [-0.05, 0) is 45.4 Å². The Kier molecular flexibility index (Phi) is 3.24. The minimum absolute atomic E-state index is 0.715. The molecule has 2 aliphatic rings. The van der Waals surface area contributed by atoms with Crippen molar-refractivity contribution in [3.63, 3.8) is 0 Å². The van der Waals surface area contributed by atoms with Gasteiger partial charge in [-0.15, -0.1) is 11.3 Å². The standard InChI is InChI=1S/C14H22N2S/c1-11-8-15-7-3-4-13(15)9-16(11)10-14-6-5-12(2)17-14/h5-6,11,13H,3-4,7-10H2,1-2H3/t11-,13-/m0/s1. The lowest BCUT2D eigenvalue weighted by molar-refractivity contribution is 0.0547. The molecule has 0 aromatic carbocycles. The highest BCUT2D eigenvalue weighted by Crippen LogP contribution is 2.27. The molecule has 2 fully saturated rings. The van der Waals surface area contributed by atoms with E-state index in [1.807, 2.05) is 11.3 Å². The zero-order valence-corrected chi connectivity index (χ0v) is 11.7. The third-order valence-corrected chi connectivity index (χ3v) is 5.21. The highest BCUT2D eigenvalue weighted by atomic mass is 32.1. The summed E-state index contributed by atoms with van der Waals surface area (Å²) < 4.78 is 0. The van der Waals surface area contributed by atoms with Gasteiger partial charge in [0.25, 0.3) is 0 Å². The van der Waals surface area contributed by atoms with E-state index in [9.17, 15) is 0 Å². The van der Waals surface area contributed by atoms with E-state index in [4.69, 9.17) is 0 Å². The van der Waals surface area contributed by atoms with Crippen LogP contribution >= 0.6 is 11.3 Å². The number of aryl methyl sites for hydroxylation is 1. The van der Waals surface area contributed by atoms with Gasteiger partial charge in [-0.3, -0.25) is 9.80 Å². The number of hydrogen-bond acceptors (Lipinski definition) is 3. The molecule has 3 heterocycles. The topological polar surface area (TPSA) is 6.48 Å². The molecule has 1 aromatic heterocycles. The fraction of sp³-hybridized carbons (Fsp3) is 0.714. The molecule has 3 rings (SSSR count). The summed E-state index contributed by atoms with van der Waals surface area (Å²) in [5.74, 6) is 0. The third-order valence-electron chi connectivity index (χ3n) is 4.22. The van der Waals surface area contributed by atoms with Crippen LogP contribution < -0.4 is 0 Å². The Hall–Kier alpha value is -0.380. The van der Waals surface area contributed by atoms with E-state index in [0.717, 1.165) is 12.6 Å². The Morgan fingerprint density at radius 1 is 1.35 bits per heavy atom. The summed E-state index contributed by atoms with van der Waals surface area (Å²) in [5.41, 5.74) is 0. The second kappa shape index (κ2) is 4.71. The van der Waals surface area contributed by atoms with Gasteiger partial charge < -0.3 is 0 Å². The fourth-order valence-corrected chi connectivity index (χ4v) is 4.15. The molecule has 2 nitrogen and oxygen atoms in total. The second-order valence-electron chi connectivity index (χ2n) is 5.58. The molecule has 94 valence electrons. The smallest absolute Gasteiger partial charge is 0.0332 e. The molecule has 0 aliphatic carbocycles. The first-order valence-corrected chi connectivity index (χ1v) is 7.57. The zero-order chi connectivity index (χ0) is 11.8. The van der Waals surface area contributed by atoms with Crippen molar-refractivity contribution in [2.75, 3.05) is 19.6 Å². The van der Waals surface area contributed by atoms with Crippen molar-refractivity contribution in [1.82, 2.24) is 9.80 Å². The van der Waals surface area contributed by atoms with E-state index < -0.39 is 0 Å². The molecular formula is C14H22N2S. The van der Waals surface area contributed by atoms with Crippen LogP contribution in [-0.4, -0.2) is 41.5 Å². The van der Waals surface area contributed by atoms with Gasteiger partial charge in [-0.2, -0.15) is 0 Å². The minimum Gasteiger partial charge on any atom is -0.298 e. The molecule has 0 N–H and O–H groups in total. The zero-order valence-electron chi connectivity index (χ0n) is 10.9. The molecule has 0 radical (unpaired) electrons. The van der Waals surface area contributed by atoms with Gasteiger partial charge in [0.15, 0.2) is 0 Å². The predicted molar refractivity (Wildman–Crippen MR) is 73.5 cm³/mol. The Morgan fingerprint density at radius 2 is 2.24 bits per heavy atom. The van der Waals surface area contributed by atoms with Crippen LogP contribution in [0.4, 0.5) is 0 Å². The summed E-state index contributed by atoms with van der Waals surface area (Å²) >= 11 is 1.95. The number of nitrogens with zero attached hydrogens (tertiary/aromatic N) is 2. The number of hydrogen-bond donors (Lipinski definition) is 0. The van der Waals surface area contributed by atoms with E-state index in [1.54, 1.807) is 0 Å². The first kappa shape index (κ1) is 11.7. The predicted octanol–water partition coefficient (Wildman–Crippen LogP) is 2.73. The van der Waals surface area contributed by atoms with E-state index in [2.05, 4.69) is 35.8 Å². The van der Waals surface area contributed by atoms with Crippen LogP contribution in [0.25, 0.3) is 0 Å². The van der Waals surface area contributed by atoms with Gasteiger partial charge in [-0.25, -0.2) is 0 Å². The van der Waals surface area contributed by atoms with Gasteiger partial charge in [0, 0.05) is 41.5 Å². The molecule has 0 bridgehead atoms. The van der Waals surface area contributed by atoms with Crippen LogP contribution in [0, 0.1) is 6.92 Å². The normalized spacial score (nSPS) is 30.7. The molecule has 1 aromatic rings. The molecule has 3 heteroatoms. The Morgan fingerprint density at radius 3 is 3.00 bits per heavy atom. The molecular weight excluding hydrogens is 228 g/mol. The molecule has 17 heavy (non-hydrogen) atoms. The summed E-state index contributed by atoms with van der Waals surface area (Å²) in [6.45, 7) is 9.62. The van der Waals surface area contributed by atoms with Crippen LogP contribution in [0.3, 0.4) is 0 Å². The maximum absolute atomic E-state index is 2.70. The van der Waals surface area contributed by atoms with Crippen molar-refractivity contribution in [2.45, 2.75) is 45.3 Å². The lowest BCUT2D eigenvalue weighted by Crippen LogP contribution is -2.54. The van der Waals surface area contributed by atoms with E-state index in [0.29, 0.717) is 6.04 Å². The van der Waals surface area contributed by atoms with Crippen molar-refractivity contribution in [3.05, 3.63) is 21.9 Å². The van der Waals surface area contributed by atoms with E-state index in [1.165, 1.54) is 42.2 Å². The lowest BCUT2D eigenvalue weighted by Gasteiger charge is -2.42. The molecule has 0 spiro atoms. The monoisotopic (exact) mass is 250 g/mol. The molecule has 0 saturated carbocycles. The summed E-state index contributed by atoms with van der Waals surface area (Å²) in [6, 6.07) is 6.10. The van der Waals surface area contributed by atoms with Crippen molar-refractivity contribution < 1.29 is 0 Å². The summed E-state index contributed by atoms with van der Waals surface area (Å²) in [4.78, 5) is 8.34. The summed E-state index contributed by atoms with van der Waals surface area (Å²) in [7, 11) is 0. The number of rotatable bonds is 2. The van der Waals surface area contributed by atoms with Crippen LogP contribution in [0.2, 0.25) is 0 Å². The SMILES string of the molecule is Cc1ccc(CN2C[C@@H]3CCCN3C[C@@H]2C)s1. The van der Waals surface area contributed by atoms with Gasteiger partial charge in [-0.1, -0.05) is 0 Å². The van der Waals surface area contributed by atoms with Gasteiger partial charge in [0.1, 0.15) is 0 Å². The average Bonchev–Trinajstić information content (AvgIpc) is 2.88. The second-order valence-corrected chi connectivity index (χ2v) is 6.95. The van der Waals surface area contributed by atoms with Crippen LogP contribution in [0.15, 0.2) is 12.1 Å². The number of piperazine rings is 1. The fourth-order valence-electron chi connectivity index (χ4n) is 3.24. The maximum Gasteiger partial charge on any atom is 0.0332 e. The van der Waals surface area contributed by atoms with E-state index in [-0.39, 0.29) is 0 Å². The van der Waals surface area contributed by atoms with Gasteiger partial charge in [0.2, 0.25) is 0 Å². The van der Waals surface area contributed by atoms with Gasteiger partial charge in [0.05, 0.1) is 0 Å². The maximum atomic E-state index is 2.70. The lowest BCUT2D eigenvalue weighted by atomic mass is 10.1. The quantitative estimate of drug-likeness (QED) is 0.796. The van der Waals surface area contributed by atoms with Gasteiger partial charge >= 0.3 is 0 Å². The minimum atomic E-state index is 0.715. The molecule has 2 atom stereocenters.